The Labute approximate surface area is 75.6 Å². The molecule has 0 aromatic heterocycles. The van der Waals surface area contributed by atoms with E-state index in [9.17, 15) is 5.11 Å². The third-order valence-electron chi connectivity index (χ3n) is 2.42. The van der Waals surface area contributed by atoms with Crippen molar-refractivity contribution in [3.8, 4) is 0 Å². The number of aliphatic hydroxyl groups is 2. The minimum Gasteiger partial charge on any atom is -0.396 e. The summed E-state index contributed by atoms with van der Waals surface area (Å²) in [6.45, 7) is 4.36. The Hall–Kier alpha value is -0.0800. The molecule has 0 aromatic rings. The molecule has 0 heterocycles. The lowest BCUT2D eigenvalue weighted by atomic mass is 9.92. The molecule has 0 rings (SSSR count). The fourth-order valence-corrected chi connectivity index (χ4v) is 1.50. The fraction of sp³-hybridized carbons (Fsp3) is 1.00. The van der Waals surface area contributed by atoms with Crippen LogP contribution in [0.25, 0.3) is 0 Å². The monoisotopic (exact) mass is 174 g/mol. The highest BCUT2D eigenvalue weighted by atomic mass is 16.3. The molecular formula is C10H22O2. The zero-order chi connectivity index (χ0) is 9.40. The van der Waals surface area contributed by atoms with Crippen molar-refractivity contribution in [2.75, 3.05) is 6.61 Å². The summed E-state index contributed by atoms with van der Waals surface area (Å²) in [6, 6.07) is 0. The minimum atomic E-state index is -0.299. The van der Waals surface area contributed by atoms with E-state index in [0.29, 0.717) is 12.3 Å². The molecule has 0 fully saturated rings. The van der Waals surface area contributed by atoms with E-state index in [1.807, 2.05) is 0 Å². The first-order chi connectivity index (χ1) is 5.76. The number of unbranched alkanes of at least 4 members (excludes halogenated alkanes) is 1. The molecule has 0 saturated carbocycles. The lowest BCUT2D eigenvalue weighted by molar-refractivity contribution is 0.0716. The van der Waals surface area contributed by atoms with Crippen LogP contribution in [0.15, 0.2) is 0 Å². The van der Waals surface area contributed by atoms with E-state index in [-0.39, 0.29) is 12.7 Å². The van der Waals surface area contributed by atoms with Crippen LogP contribution in [-0.4, -0.2) is 22.9 Å². The van der Waals surface area contributed by atoms with Crippen LogP contribution in [0.2, 0.25) is 0 Å². The number of hydrogen-bond donors (Lipinski definition) is 2. The van der Waals surface area contributed by atoms with Gasteiger partial charge in [0, 0.05) is 6.61 Å². The van der Waals surface area contributed by atoms with E-state index in [4.69, 9.17) is 5.11 Å². The first-order valence-corrected chi connectivity index (χ1v) is 5.05. The van der Waals surface area contributed by atoms with Crippen LogP contribution >= 0.6 is 0 Å². The van der Waals surface area contributed by atoms with Gasteiger partial charge in [0.1, 0.15) is 0 Å². The maximum Gasteiger partial charge on any atom is 0.0590 e. The van der Waals surface area contributed by atoms with Crippen LogP contribution < -0.4 is 0 Å². The summed E-state index contributed by atoms with van der Waals surface area (Å²) in [6.07, 6.45) is 4.70. The summed E-state index contributed by atoms with van der Waals surface area (Å²) in [7, 11) is 0. The van der Waals surface area contributed by atoms with Gasteiger partial charge in [0.15, 0.2) is 0 Å². The van der Waals surface area contributed by atoms with Crippen molar-refractivity contribution in [1.82, 2.24) is 0 Å². The predicted octanol–water partition coefficient (Wildman–Crippen LogP) is 1.95. The third-order valence-corrected chi connectivity index (χ3v) is 2.42. The molecule has 12 heavy (non-hydrogen) atoms. The van der Waals surface area contributed by atoms with E-state index in [1.165, 1.54) is 12.8 Å². The van der Waals surface area contributed by atoms with Gasteiger partial charge in [-0.05, 0) is 18.8 Å². The Kier molecular flexibility index (Phi) is 7.51. The standard InChI is InChI=1S/C10H22O2/c1-3-5-6-9(4-2)10(12)7-8-11/h9-12H,3-8H2,1-2H3. The molecule has 0 aromatic carbocycles. The van der Waals surface area contributed by atoms with Gasteiger partial charge in [0.2, 0.25) is 0 Å². The van der Waals surface area contributed by atoms with Crippen molar-refractivity contribution < 1.29 is 10.2 Å². The first-order valence-electron chi connectivity index (χ1n) is 5.05. The van der Waals surface area contributed by atoms with E-state index < -0.39 is 0 Å². The van der Waals surface area contributed by atoms with Crippen molar-refractivity contribution >= 4 is 0 Å². The second kappa shape index (κ2) is 7.56. The Balaban J connectivity index is 3.62. The number of rotatable bonds is 7. The molecule has 2 N–H and O–H groups in total. The molecule has 2 nitrogen and oxygen atoms in total. The van der Waals surface area contributed by atoms with Crippen LogP contribution in [0, 0.1) is 5.92 Å². The van der Waals surface area contributed by atoms with E-state index in [1.54, 1.807) is 0 Å². The fourth-order valence-electron chi connectivity index (χ4n) is 1.50. The van der Waals surface area contributed by atoms with E-state index in [0.717, 1.165) is 12.8 Å². The molecule has 0 aliphatic carbocycles. The maximum absolute atomic E-state index is 9.58. The van der Waals surface area contributed by atoms with Crippen LogP contribution in [0.3, 0.4) is 0 Å². The Morgan fingerprint density at radius 2 is 1.83 bits per heavy atom. The van der Waals surface area contributed by atoms with Crippen molar-refractivity contribution in [3.05, 3.63) is 0 Å². The molecule has 0 spiro atoms. The van der Waals surface area contributed by atoms with Gasteiger partial charge in [-0.15, -0.1) is 0 Å². The second-order valence-electron chi connectivity index (χ2n) is 3.39. The van der Waals surface area contributed by atoms with Gasteiger partial charge in [-0.2, -0.15) is 0 Å². The molecule has 0 radical (unpaired) electrons. The summed E-state index contributed by atoms with van der Waals surface area (Å²) in [5.41, 5.74) is 0. The van der Waals surface area contributed by atoms with Crippen molar-refractivity contribution in [2.45, 2.75) is 52.1 Å². The van der Waals surface area contributed by atoms with Crippen LogP contribution in [0.1, 0.15) is 46.0 Å². The van der Waals surface area contributed by atoms with Crippen molar-refractivity contribution in [2.24, 2.45) is 5.92 Å². The normalized spacial score (nSPS) is 16.0. The summed E-state index contributed by atoms with van der Waals surface area (Å²) < 4.78 is 0. The molecule has 0 amide bonds. The molecule has 2 heteroatoms. The molecule has 2 unspecified atom stereocenters. The largest absolute Gasteiger partial charge is 0.396 e. The minimum absolute atomic E-state index is 0.101. The molecule has 0 saturated heterocycles. The maximum atomic E-state index is 9.58. The zero-order valence-electron chi connectivity index (χ0n) is 8.29. The highest BCUT2D eigenvalue weighted by molar-refractivity contribution is 4.67. The molecule has 74 valence electrons. The van der Waals surface area contributed by atoms with Crippen molar-refractivity contribution in [1.29, 1.82) is 0 Å². The van der Waals surface area contributed by atoms with E-state index in [2.05, 4.69) is 13.8 Å². The molecule has 0 aliphatic rings. The highest BCUT2D eigenvalue weighted by Crippen LogP contribution is 2.18. The summed E-state index contributed by atoms with van der Waals surface area (Å²) in [5, 5.41) is 18.2. The summed E-state index contributed by atoms with van der Waals surface area (Å²) in [5.74, 6) is 0.386. The number of hydrogen-bond acceptors (Lipinski definition) is 2. The zero-order valence-corrected chi connectivity index (χ0v) is 8.29. The van der Waals surface area contributed by atoms with Gasteiger partial charge in [-0.1, -0.05) is 33.1 Å². The first kappa shape index (κ1) is 11.9. The van der Waals surface area contributed by atoms with Crippen LogP contribution in [-0.2, 0) is 0 Å². The Morgan fingerprint density at radius 1 is 1.17 bits per heavy atom. The van der Waals surface area contributed by atoms with Crippen LogP contribution in [0.4, 0.5) is 0 Å². The third kappa shape index (κ3) is 4.73. The summed E-state index contributed by atoms with van der Waals surface area (Å²) in [4.78, 5) is 0. The Morgan fingerprint density at radius 3 is 2.25 bits per heavy atom. The van der Waals surface area contributed by atoms with Gasteiger partial charge < -0.3 is 10.2 Å². The van der Waals surface area contributed by atoms with Gasteiger partial charge in [0.05, 0.1) is 6.10 Å². The highest BCUT2D eigenvalue weighted by Gasteiger charge is 2.15. The SMILES string of the molecule is CCCCC(CC)C(O)CCO. The van der Waals surface area contributed by atoms with Gasteiger partial charge in [-0.3, -0.25) is 0 Å². The number of aliphatic hydroxyl groups excluding tert-OH is 2. The topological polar surface area (TPSA) is 40.5 Å². The van der Waals surface area contributed by atoms with Gasteiger partial charge in [0.25, 0.3) is 0 Å². The molecule has 0 aliphatic heterocycles. The summed E-state index contributed by atoms with van der Waals surface area (Å²) >= 11 is 0. The van der Waals surface area contributed by atoms with Crippen molar-refractivity contribution in [3.63, 3.8) is 0 Å². The van der Waals surface area contributed by atoms with Gasteiger partial charge in [-0.25, -0.2) is 0 Å². The Bertz CT molecular complexity index is 93.8. The lowest BCUT2D eigenvalue weighted by Gasteiger charge is -2.20. The molecular weight excluding hydrogens is 152 g/mol. The molecule has 2 atom stereocenters. The van der Waals surface area contributed by atoms with E-state index >= 15 is 0 Å². The lowest BCUT2D eigenvalue weighted by Crippen LogP contribution is -2.21. The quantitative estimate of drug-likeness (QED) is 0.619. The van der Waals surface area contributed by atoms with Gasteiger partial charge >= 0.3 is 0 Å². The molecule has 0 bridgehead atoms. The average Bonchev–Trinajstić information content (AvgIpc) is 2.06. The predicted molar refractivity (Wildman–Crippen MR) is 51.0 cm³/mol. The second-order valence-corrected chi connectivity index (χ2v) is 3.39. The van der Waals surface area contributed by atoms with Crippen LogP contribution in [0.5, 0.6) is 0 Å². The smallest absolute Gasteiger partial charge is 0.0590 e. The average molecular weight is 174 g/mol.